The second-order valence-corrected chi connectivity index (χ2v) is 2.76. The van der Waals surface area contributed by atoms with Crippen molar-refractivity contribution in [1.82, 2.24) is 0 Å². The van der Waals surface area contributed by atoms with E-state index in [-0.39, 0.29) is 32.7 Å². The van der Waals surface area contributed by atoms with Crippen LogP contribution in [0.1, 0.15) is 44.9 Å². The van der Waals surface area contributed by atoms with Gasteiger partial charge < -0.3 is 12.7 Å². The minimum absolute atomic E-state index is 0. The third kappa shape index (κ3) is 14.0. The molecule has 0 aromatic heterocycles. The minimum Gasteiger partial charge on any atom is -0.343 e. The molecule has 0 aliphatic rings. The van der Waals surface area contributed by atoms with E-state index in [0.29, 0.717) is 0 Å². The van der Waals surface area contributed by atoms with Gasteiger partial charge >= 0.3 is 0 Å². The van der Waals surface area contributed by atoms with Gasteiger partial charge in [-0.2, -0.15) is 6.42 Å². The number of hydrogen-bond donors (Lipinski definition) is 1. The van der Waals surface area contributed by atoms with Crippen LogP contribution < -0.4 is 5.73 Å². The molecule has 65 valence electrons. The minimum atomic E-state index is 0. The fraction of sp³-hybridized carbons (Fsp3) is 0.889. The van der Waals surface area contributed by atoms with Gasteiger partial charge in [0.2, 0.25) is 0 Å². The third-order valence-corrected chi connectivity index (χ3v) is 1.70. The maximum atomic E-state index is 5.36. The van der Waals surface area contributed by atoms with Crippen molar-refractivity contribution in [3.05, 3.63) is 6.92 Å². The Balaban J connectivity index is 0. The maximum Gasteiger partial charge on any atom is 0 e. The molecule has 0 aromatic rings. The Bertz CT molecular complexity index is 49.5. The molecule has 0 aromatic carbocycles. The first kappa shape index (κ1) is 14.6. The molecule has 0 saturated heterocycles. The first-order valence-corrected chi connectivity index (χ1v) is 4.41. The van der Waals surface area contributed by atoms with Crippen LogP contribution >= 0.6 is 0 Å². The first-order valence-electron chi connectivity index (χ1n) is 4.41. The van der Waals surface area contributed by atoms with Crippen LogP contribution in [0, 0.1) is 6.92 Å². The van der Waals surface area contributed by atoms with Crippen LogP contribution in [-0.4, -0.2) is 6.54 Å². The van der Waals surface area contributed by atoms with Gasteiger partial charge in [-0.3, -0.25) is 0 Å². The van der Waals surface area contributed by atoms with Crippen LogP contribution in [0.3, 0.4) is 0 Å². The quantitative estimate of drug-likeness (QED) is 0.528. The van der Waals surface area contributed by atoms with E-state index < -0.39 is 0 Å². The summed E-state index contributed by atoms with van der Waals surface area (Å²) in [6.45, 7) is 4.66. The molecular weight excluding hydrogens is 211 g/mol. The number of rotatable bonds is 7. The topological polar surface area (TPSA) is 26.0 Å². The summed E-state index contributed by atoms with van der Waals surface area (Å²) in [4.78, 5) is 0. The SMILES string of the molecule is [CH2-]CCCCCCCCN.[Y]. The molecule has 0 saturated carbocycles. The monoisotopic (exact) mass is 231 g/mol. The number of hydrogen-bond acceptors (Lipinski definition) is 1. The molecule has 0 rings (SSSR count). The Kier molecular flexibility index (Phi) is 18.1. The van der Waals surface area contributed by atoms with Crippen LogP contribution in [-0.2, 0) is 32.7 Å². The molecule has 1 radical (unpaired) electrons. The van der Waals surface area contributed by atoms with Crippen molar-refractivity contribution in [1.29, 1.82) is 0 Å². The molecular formula is C9H20NY-. The average molecular weight is 231 g/mol. The van der Waals surface area contributed by atoms with Crippen molar-refractivity contribution in [2.45, 2.75) is 44.9 Å². The van der Waals surface area contributed by atoms with E-state index in [1.54, 1.807) is 0 Å². The first-order chi connectivity index (χ1) is 4.91. The zero-order valence-corrected chi connectivity index (χ0v) is 10.4. The van der Waals surface area contributed by atoms with E-state index in [4.69, 9.17) is 5.73 Å². The Morgan fingerprint density at radius 2 is 1.27 bits per heavy atom. The second kappa shape index (κ2) is 13.6. The molecule has 11 heavy (non-hydrogen) atoms. The maximum absolute atomic E-state index is 5.36. The van der Waals surface area contributed by atoms with Crippen LogP contribution in [0.5, 0.6) is 0 Å². The zero-order valence-electron chi connectivity index (χ0n) is 7.52. The van der Waals surface area contributed by atoms with E-state index >= 15 is 0 Å². The summed E-state index contributed by atoms with van der Waals surface area (Å²) in [5, 5.41) is 0. The van der Waals surface area contributed by atoms with Crippen LogP contribution in [0.25, 0.3) is 0 Å². The fourth-order valence-electron chi connectivity index (χ4n) is 1.03. The Hall–Kier alpha value is 1.06. The molecule has 0 spiro atoms. The normalized spacial score (nSPS) is 9.27. The van der Waals surface area contributed by atoms with Gasteiger partial charge in [-0.15, -0.1) is 0 Å². The van der Waals surface area contributed by atoms with Gasteiger partial charge in [0.15, 0.2) is 0 Å². The van der Waals surface area contributed by atoms with Gasteiger partial charge in [-0.25, -0.2) is 0 Å². The summed E-state index contributed by atoms with van der Waals surface area (Å²) < 4.78 is 0. The second-order valence-electron chi connectivity index (χ2n) is 2.76. The van der Waals surface area contributed by atoms with Crippen LogP contribution in [0.15, 0.2) is 0 Å². The summed E-state index contributed by atoms with van der Waals surface area (Å²) in [7, 11) is 0. The van der Waals surface area contributed by atoms with Gasteiger partial charge in [0.1, 0.15) is 0 Å². The predicted molar refractivity (Wildman–Crippen MR) is 46.7 cm³/mol. The van der Waals surface area contributed by atoms with E-state index in [1.807, 2.05) is 0 Å². The number of unbranched alkanes of at least 4 members (excludes halogenated alkanes) is 6. The standard InChI is InChI=1S/C9H20N.Y/c1-2-3-4-5-6-7-8-9-10;/h1-10H2;/q-1;. The molecule has 0 atom stereocenters. The molecule has 0 amide bonds. The van der Waals surface area contributed by atoms with Gasteiger partial charge in [0.05, 0.1) is 0 Å². The molecule has 0 aliphatic carbocycles. The molecule has 1 nitrogen and oxygen atoms in total. The van der Waals surface area contributed by atoms with Crippen molar-refractivity contribution in [2.24, 2.45) is 5.73 Å². The Morgan fingerprint density at radius 3 is 1.73 bits per heavy atom. The van der Waals surface area contributed by atoms with E-state index in [9.17, 15) is 0 Å². The van der Waals surface area contributed by atoms with Crippen molar-refractivity contribution >= 4 is 0 Å². The zero-order chi connectivity index (χ0) is 7.66. The summed E-state index contributed by atoms with van der Waals surface area (Å²) in [5.74, 6) is 0. The van der Waals surface area contributed by atoms with Crippen LogP contribution in [0.4, 0.5) is 0 Å². The van der Waals surface area contributed by atoms with E-state index in [0.717, 1.165) is 13.0 Å². The fourth-order valence-corrected chi connectivity index (χ4v) is 1.03. The summed E-state index contributed by atoms with van der Waals surface area (Å²) >= 11 is 0. The summed E-state index contributed by atoms with van der Waals surface area (Å²) in [6.07, 6.45) is 8.98. The summed E-state index contributed by atoms with van der Waals surface area (Å²) in [5.41, 5.74) is 5.36. The predicted octanol–water partition coefficient (Wildman–Crippen LogP) is 2.51. The van der Waals surface area contributed by atoms with Crippen molar-refractivity contribution < 1.29 is 32.7 Å². The van der Waals surface area contributed by atoms with Gasteiger partial charge in [-0.1, -0.05) is 32.1 Å². The smallest absolute Gasteiger partial charge is 0 e. The Morgan fingerprint density at radius 1 is 0.818 bits per heavy atom. The molecule has 0 unspecified atom stereocenters. The molecule has 0 aliphatic heterocycles. The molecule has 2 N–H and O–H groups in total. The van der Waals surface area contributed by atoms with Crippen molar-refractivity contribution in [2.75, 3.05) is 6.54 Å². The van der Waals surface area contributed by atoms with Gasteiger partial charge in [0.25, 0.3) is 0 Å². The van der Waals surface area contributed by atoms with Crippen LogP contribution in [0.2, 0.25) is 0 Å². The van der Waals surface area contributed by atoms with E-state index in [1.165, 1.54) is 38.5 Å². The van der Waals surface area contributed by atoms with Crippen molar-refractivity contribution in [3.63, 3.8) is 0 Å². The van der Waals surface area contributed by atoms with Gasteiger partial charge in [0, 0.05) is 32.7 Å². The third-order valence-electron chi connectivity index (χ3n) is 1.70. The summed E-state index contributed by atoms with van der Waals surface area (Å²) in [6, 6.07) is 0. The van der Waals surface area contributed by atoms with Gasteiger partial charge in [-0.05, 0) is 13.0 Å². The Labute approximate surface area is 96.4 Å². The van der Waals surface area contributed by atoms with E-state index in [2.05, 4.69) is 6.92 Å². The largest absolute Gasteiger partial charge is 0.343 e. The number of nitrogens with two attached hydrogens (primary N) is 1. The molecule has 2 heteroatoms. The molecule has 0 bridgehead atoms. The molecule has 0 fully saturated rings. The average Bonchev–Trinajstić information content (AvgIpc) is 1.97. The molecule has 0 heterocycles. The van der Waals surface area contributed by atoms with Crippen molar-refractivity contribution in [3.8, 4) is 0 Å².